The monoisotopic (exact) mass is 418 g/mol. The highest BCUT2D eigenvalue weighted by Crippen LogP contribution is 2.24. The second-order valence-electron chi connectivity index (χ2n) is 7.36. The average Bonchev–Trinajstić information content (AvgIpc) is 3.30. The number of nitrogens with one attached hydrogen (secondary N) is 3. The lowest BCUT2D eigenvalue weighted by molar-refractivity contribution is 0.262. The summed E-state index contributed by atoms with van der Waals surface area (Å²) in [6.07, 6.45) is 2.40. The first-order valence-corrected chi connectivity index (χ1v) is 10.3. The Balaban J connectivity index is 1.36. The van der Waals surface area contributed by atoms with E-state index in [0.717, 1.165) is 42.0 Å². The quantitative estimate of drug-likeness (QED) is 0.534. The van der Waals surface area contributed by atoms with Crippen molar-refractivity contribution in [3.63, 3.8) is 0 Å². The molecule has 0 saturated carbocycles. The summed E-state index contributed by atoms with van der Waals surface area (Å²) in [4.78, 5) is 23.6. The third-order valence-electron chi connectivity index (χ3n) is 5.02. The van der Waals surface area contributed by atoms with Crippen molar-refractivity contribution in [3.05, 3.63) is 60.4 Å². The highest BCUT2D eigenvalue weighted by Gasteiger charge is 2.15. The first kappa shape index (κ1) is 20.5. The Labute approximate surface area is 181 Å². The van der Waals surface area contributed by atoms with Gasteiger partial charge >= 0.3 is 6.03 Å². The number of hydrogen-bond donors (Lipinski definition) is 3. The topological polar surface area (TPSA) is 91.4 Å². The zero-order chi connectivity index (χ0) is 21.6. The molecule has 1 fully saturated rings. The minimum atomic E-state index is -0.312. The van der Waals surface area contributed by atoms with Gasteiger partial charge in [0.25, 0.3) is 0 Å². The Bertz CT molecular complexity index is 1030. The summed E-state index contributed by atoms with van der Waals surface area (Å²) < 4.78 is 5.12. The van der Waals surface area contributed by atoms with E-state index in [-0.39, 0.29) is 6.03 Å². The second kappa shape index (κ2) is 9.34. The predicted octanol–water partition coefficient (Wildman–Crippen LogP) is 4.78. The zero-order valence-corrected chi connectivity index (χ0v) is 17.7. The Hall–Kier alpha value is -3.81. The number of carbonyl (C=O) groups is 1. The van der Waals surface area contributed by atoms with E-state index in [4.69, 9.17) is 4.74 Å². The fourth-order valence-corrected chi connectivity index (χ4v) is 3.48. The second-order valence-corrected chi connectivity index (χ2v) is 7.36. The molecule has 4 rings (SSSR count). The number of amides is 2. The van der Waals surface area contributed by atoms with Gasteiger partial charge < -0.3 is 25.6 Å². The normalized spacial score (nSPS) is 13.0. The molecule has 1 aliphatic heterocycles. The van der Waals surface area contributed by atoms with Crippen LogP contribution < -0.4 is 25.6 Å². The van der Waals surface area contributed by atoms with Crippen molar-refractivity contribution in [1.82, 2.24) is 9.97 Å². The Morgan fingerprint density at radius 3 is 2.10 bits per heavy atom. The number of ether oxygens (including phenoxy) is 1. The van der Waals surface area contributed by atoms with Crippen LogP contribution in [0.15, 0.2) is 54.6 Å². The number of carbonyl (C=O) groups excluding carboxylic acids is 1. The molecule has 0 spiro atoms. The summed E-state index contributed by atoms with van der Waals surface area (Å²) in [5, 5.41) is 8.94. The van der Waals surface area contributed by atoms with Crippen molar-refractivity contribution >= 4 is 34.7 Å². The fourth-order valence-electron chi connectivity index (χ4n) is 3.48. The van der Waals surface area contributed by atoms with Crippen LogP contribution in [0, 0.1) is 6.92 Å². The van der Waals surface area contributed by atoms with E-state index < -0.39 is 0 Å². The van der Waals surface area contributed by atoms with Gasteiger partial charge in [0.1, 0.15) is 23.2 Å². The number of urea groups is 1. The van der Waals surface area contributed by atoms with Gasteiger partial charge in [0.2, 0.25) is 0 Å². The first-order chi connectivity index (χ1) is 15.1. The van der Waals surface area contributed by atoms with Gasteiger partial charge in [-0.1, -0.05) is 0 Å². The number of methoxy groups -OCH3 is 1. The van der Waals surface area contributed by atoms with Crippen LogP contribution in [0.25, 0.3) is 0 Å². The lowest BCUT2D eigenvalue weighted by Crippen LogP contribution is -2.19. The van der Waals surface area contributed by atoms with Gasteiger partial charge in [-0.05, 0) is 68.3 Å². The number of rotatable bonds is 6. The van der Waals surface area contributed by atoms with E-state index in [0.29, 0.717) is 11.4 Å². The van der Waals surface area contributed by atoms with Gasteiger partial charge in [-0.25, -0.2) is 14.8 Å². The van der Waals surface area contributed by atoms with Crippen molar-refractivity contribution in [1.29, 1.82) is 0 Å². The molecule has 2 heterocycles. The van der Waals surface area contributed by atoms with E-state index in [1.165, 1.54) is 12.8 Å². The highest BCUT2D eigenvalue weighted by atomic mass is 16.5. The number of hydrogen-bond acceptors (Lipinski definition) is 6. The Morgan fingerprint density at radius 2 is 1.48 bits per heavy atom. The molecular formula is C23H26N6O2. The molecule has 0 aliphatic carbocycles. The van der Waals surface area contributed by atoms with Crippen molar-refractivity contribution in [3.8, 4) is 5.75 Å². The molecule has 1 aromatic heterocycles. The molecule has 1 aliphatic rings. The van der Waals surface area contributed by atoms with Crippen molar-refractivity contribution in [2.24, 2.45) is 0 Å². The summed E-state index contributed by atoms with van der Waals surface area (Å²) in [6.45, 7) is 3.98. The van der Waals surface area contributed by atoms with Gasteiger partial charge in [0, 0.05) is 36.2 Å². The van der Waals surface area contributed by atoms with Crippen molar-refractivity contribution in [2.45, 2.75) is 19.8 Å². The van der Waals surface area contributed by atoms with Crippen LogP contribution in [0.1, 0.15) is 18.7 Å². The minimum absolute atomic E-state index is 0.312. The van der Waals surface area contributed by atoms with E-state index in [9.17, 15) is 4.79 Å². The van der Waals surface area contributed by atoms with Gasteiger partial charge in [-0.2, -0.15) is 0 Å². The molecule has 2 amide bonds. The van der Waals surface area contributed by atoms with Gasteiger partial charge in [-0.3, -0.25) is 0 Å². The fraction of sp³-hybridized carbons (Fsp3) is 0.261. The molecule has 8 heteroatoms. The molecule has 0 unspecified atom stereocenters. The summed E-state index contributed by atoms with van der Waals surface area (Å²) >= 11 is 0. The molecule has 0 atom stereocenters. The first-order valence-electron chi connectivity index (χ1n) is 10.3. The maximum atomic E-state index is 12.2. The molecule has 31 heavy (non-hydrogen) atoms. The van der Waals surface area contributed by atoms with Gasteiger partial charge in [0.05, 0.1) is 7.11 Å². The molecule has 0 radical (unpaired) electrons. The van der Waals surface area contributed by atoms with Gasteiger partial charge in [-0.15, -0.1) is 0 Å². The number of aromatic nitrogens is 2. The molecule has 160 valence electrons. The van der Waals surface area contributed by atoms with Crippen LogP contribution in [0.3, 0.4) is 0 Å². The van der Waals surface area contributed by atoms with E-state index in [1.807, 2.05) is 37.3 Å². The van der Waals surface area contributed by atoms with E-state index in [1.54, 1.807) is 31.4 Å². The predicted molar refractivity (Wildman–Crippen MR) is 124 cm³/mol. The number of nitrogens with zero attached hydrogens (tertiary/aromatic N) is 3. The summed E-state index contributed by atoms with van der Waals surface area (Å²) in [7, 11) is 1.60. The standard InChI is InChI=1S/C23H26N6O2/c1-16-24-21(15-22(25-16)29-13-3-4-14-29)26-17-5-7-18(8-6-17)27-23(30)28-19-9-11-20(31-2)12-10-19/h5-12,15H,3-4,13-14H2,1-2H3,(H,24,25,26)(H2,27,28,30). The third-order valence-corrected chi connectivity index (χ3v) is 5.02. The maximum absolute atomic E-state index is 12.2. The molecule has 8 nitrogen and oxygen atoms in total. The molecule has 2 aromatic carbocycles. The minimum Gasteiger partial charge on any atom is -0.497 e. The molecule has 3 N–H and O–H groups in total. The van der Waals surface area contributed by atoms with Crippen LogP contribution in [0.2, 0.25) is 0 Å². The third kappa shape index (κ3) is 5.42. The number of anilines is 5. The number of benzene rings is 2. The highest BCUT2D eigenvalue weighted by molar-refractivity contribution is 5.99. The molecule has 1 saturated heterocycles. The van der Waals surface area contributed by atoms with Crippen LogP contribution >= 0.6 is 0 Å². The smallest absolute Gasteiger partial charge is 0.323 e. The van der Waals surface area contributed by atoms with Gasteiger partial charge in [0.15, 0.2) is 0 Å². The van der Waals surface area contributed by atoms with Crippen LogP contribution in [-0.2, 0) is 0 Å². The van der Waals surface area contributed by atoms with E-state index >= 15 is 0 Å². The number of aryl methyl sites for hydroxylation is 1. The molecule has 0 bridgehead atoms. The summed E-state index contributed by atoms with van der Waals surface area (Å²) in [6, 6.07) is 16.3. The van der Waals surface area contributed by atoms with Crippen LogP contribution in [0.5, 0.6) is 5.75 Å². The van der Waals surface area contributed by atoms with Crippen LogP contribution in [0.4, 0.5) is 33.5 Å². The summed E-state index contributed by atoms with van der Waals surface area (Å²) in [5.41, 5.74) is 2.25. The van der Waals surface area contributed by atoms with Crippen molar-refractivity contribution in [2.75, 3.05) is 41.0 Å². The lowest BCUT2D eigenvalue weighted by Gasteiger charge is -2.18. The average molecular weight is 419 g/mol. The van der Waals surface area contributed by atoms with Crippen molar-refractivity contribution < 1.29 is 9.53 Å². The molecular weight excluding hydrogens is 392 g/mol. The Morgan fingerprint density at radius 1 is 0.903 bits per heavy atom. The molecule has 3 aromatic rings. The Kier molecular flexibility index (Phi) is 6.16. The zero-order valence-electron chi connectivity index (χ0n) is 17.7. The largest absolute Gasteiger partial charge is 0.497 e. The maximum Gasteiger partial charge on any atom is 0.323 e. The SMILES string of the molecule is COc1ccc(NC(=O)Nc2ccc(Nc3cc(N4CCCC4)nc(C)n3)cc2)cc1. The van der Waals surface area contributed by atoms with Crippen LogP contribution in [-0.4, -0.2) is 36.2 Å². The lowest BCUT2D eigenvalue weighted by atomic mass is 10.2. The summed E-state index contributed by atoms with van der Waals surface area (Å²) in [5.74, 6) is 3.19. The van der Waals surface area contributed by atoms with E-state index in [2.05, 4.69) is 30.8 Å².